The van der Waals surface area contributed by atoms with E-state index in [0.717, 1.165) is 11.1 Å². The number of benzene rings is 2. The summed E-state index contributed by atoms with van der Waals surface area (Å²) < 4.78 is 5.39. The van der Waals surface area contributed by atoms with Crippen molar-refractivity contribution in [1.29, 1.82) is 0 Å². The van der Waals surface area contributed by atoms with Crippen LogP contribution in [-0.4, -0.2) is 12.0 Å². The van der Waals surface area contributed by atoms with E-state index in [0.29, 0.717) is 5.75 Å². The fourth-order valence-corrected chi connectivity index (χ4v) is 1.62. The van der Waals surface area contributed by atoms with Crippen molar-refractivity contribution in [2.24, 2.45) is 5.73 Å². The Morgan fingerprint density at radius 1 is 1.00 bits per heavy atom. The molecule has 2 rings (SSSR count). The summed E-state index contributed by atoms with van der Waals surface area (Å²) in [6.07, 6.45) is -0.618. The summed E-state index contributed by atoms with van der Waals surface area (Å²) in [6, 6.07) is 17.6. The van der Waals surface area contributed by atoms with Crippen LogP contribution >= 0.6 is 0 Å². The van der Waals surface area contributed by atoms with E-state index in [1.165, 1.54) is 0 Å². The maximum atomic E-state index is 10.9. The Morgan fingerprint density at radius 2 is 1.56 bits per heavy atom. The third-order valence-corrected chi connectivity index (χ3v) is 2.67. The van der Waals surface area contributed by atoms with Gasteiger partial charge in [-0.05, 0) is 30.2 Å². The van der Waals surface area contributed by atoms with E-state index >= 15 is 0 Å². The maximum absolute atomic E-state index is 10.9. The van der Waals surface area contributed by atoms with E-state index < -0.39 is 12.0 Å². The van der Waals surface area contributed by atoms with Crippen LogP contribution in [0.1, 0.15) is 6.92 Å². The quantitative estimate of drug-likeness (QED) is 0.894. The minimum atomic E-state index is -0.618. The zero-order valence-electron chi connectivity index (χ0n) is 10.2. The van der Waals surface area contributed by atoms with Gasteiger partial charge in [-0.1, -0.05) is 42.5 Å². The summed E-state index contributed by atoms with van der Waals surface area (Å²) in [5.74, 6) is 0.170. The van der Waals surface area contributed by atoms with Crippen LogP contribution in [0.15, 0.2) is 54.6 Å². The summed E-state index contributed by atoms with van der Waals surface area (Å²) in [6.45, 7) is 1.63. The van der Waals surface area contributed by atoms with Gasteiger partial charge in [-0.15, -0.1) is 0 Å². The van der Waals surface area contributed by atoms with Crippen molar-refractivity contribution in [3.63, 3.8) is 0 Å². The Kier molecular flexibility index (Phi) is 3.63. The number of nitrogens with two attached hydrogens (primary N) is 1. The second-order valence-electron chi connectivity index (χ2n) is 4.05. The molecule has 0 aromatic heterocycles. The van der Waals surface area contributed by atoms with Crippen LogP contribution in [0.25, 0.3) is 11.1 Å². The molecule has 0 radical (unpaired) electrons. The zero-order chi connectivity index (χ0) is 13.0. The SMILES string of the molecule is CC(Oc1ccc(-c2ccccc2)cc1)C(N)=O. The van der Waals surface area contributed by atoms with E-state index in [4.69, 9.17) is 10.5 Å². The first kappa shape index (κ1) is 12.2. The maximum Gasteiger partial charge on any atom is 0.258 e. The minimum Gasteiger partial charge on any atom is -0.481 e. The Labute approximate surface area is 106 Å². The molecule has 0 spiro atoms. The molecule has 0 saturated carbocycles. The lowest BCUT2D eigenvalue weighted by atomic mass is 10.1. The highest BCUT2D eigenvalue weighted by atomic mass is 16.5. The number of carbonyl (C=O) groups excluding carboxylic acids is 1. The molecule has 0 aliphatic rings. The van der Waals surface area contributed by atoms with E-state index in [1.54, 1.807) is 6.92 Å². The Bertz CT molecular complexity index is 520. The largest absolute Gasteiger partial charge is 0.481 e. The van der Waals surface area contributed by atoms with Crippen LogP contribution in [0.5, 0.6) is 5.75 Å². The average Bonchev–Trinajstić information content (AvgIpc) is 2.40. The van der Waals surface area contributed by atoms with Gasteiger partial charge in [0.15, 0.2) is 6.10 Å². The normalized spacial score (nSPS) is 11.8. The lowest BCUT2D eigenvalue weighted by molar-refractivity contribution is -0.123. The number of rotatable bonds is 4. The third kappa shape index (κ3) is 2.88. The molecule has 0 saturated heterocycles. The summed E-state index contributed by atoms with van der Waals surface area (Å²) in [4.78, 5) is 10.9. The third-order valence-electron chi connectivity index (χ3n) is 2.67. The second-order valence-corrected chi connectivity index (χ2v) is 4.05. The van der Waals surface area contributed by atoms with Crippen molar-refractivity contribution in [3.05, 3.63) is 54.6 Å². The highest BCUT2D eigenvalue weighted by molar-refractivity contribution is 5.78. The minimum absolute atomic E-state index is 0.470. The van der Waals surface area contributed by atoms with Crippen LogP contribution in [-0.2, 0) is 4.79 Å². The molecule has 2 aromatic carbocycles. The van der Waals surface area contributed by atoms with Gasteiger partial charge in [-0.3, -0.25) is 4.79 Å². The van der Waals surface area contributed by atoms with E-state index in [2.05, 4.69) is 0 Å². The lowest BCUT2D eigenvalue weighted by Crippen LogP contribution is -2.30. The molecule has 0 fully saturated rings. The smallest absolute Gasteiger partial charge is 0.258 e. The number of hydrogen-bond acceptors (Lipinski definition) is 2. The van der Waals surface area contributed by atoms with Crippen LogP contribution < -0.4 is 10.5 Å². The number of ether oxygens (including phenoxy) is 1. The first-order valence-corrected chi connectivity index (χ1v) is 5.78. The predicted molar refractivity (Wildman–Crippen MR) is 71.2 cm³/mol. The predicted octanol–water partition coefficient (Wildman–Crippen LogP) is 2.61. The fourth-order valence-electron chi connectivity index (χ4n) is 1.62. The van der Waals surface area contributed by atoms with Crippen molar-refractivity contribution in [2.45, 2.75) is 13.0 Å². The molecular weight excluding hydrogens is 226 g/mol. The van der Waals surface area contributed by atoms with Gasteiger partial charge in [-0.25, -0.2) is 0 Å². The van der Waals surface area contributed by atoms with Gasteiger partial charge < -0.3 is 10.5 Å². The van der Waals surface area contributed by atoms with Crippen molar-refractivity contribution in [1.82, 2.24) is 0 Å². The van der Waals surface area contributed by atoms with Gasteiger partial charge in [-0.2, -0.15) is 0 Å². The van der Waals surface area contributed by atoms with Gasteiger partial charge in [0.25, 0.3) is 5.91 Å². The molecule has 0 bridgehead atoms. The van der Waals surface area contributed by atoms with Crippen LogP contribution in [0.4, 0.5) is 0 Å². The summed E-state index contributed by atoms with van der Waals surface area (Å²) in [5, 5.41) is 0. The molecule has 0 aliphatic heterocycles. The first-order valence-electron chi connectivity index (χ1n) is 5.78. The Hall–Kier alpha value is -2.29. The summed E-state index contributed by atoms with van der Waals surface area (Å²) >= 11 is 0. The molecule has 1 atom stereocenters. The molecule has 18 heavy (non-hydrogen) atoms. The topological polar surface area (TPSA) is 52.3 Å². The van der Waals surface area contributed by atoms with Crippen molar-refractivity contribution < 1.29 is 9.53 Å². The average molecular weight is 241 g/mol. The van der Waals surface area contributed by atoms with Gasteiger partial charge in [0, 0.05) is 0 Å². The van der Waals surface area contributed by atoms with Crippen molar-refractivity contribution in [3.8, 4) is 16.9 Å². The van der Waals surface area contributed by atoms with Crippen molar-refractivity contribution >= 4 is 5.91 Å². The molecule has 2 N–H and O–H groups in total. The van der Waals surface area contributed by atoms with E-state index in [-0.39, 0.29) is 0 Å². The van der Waals surface area contributed by atoms with Gasteiger partial charge >= 0.3 is 0 Å². The Balaban J connectivity index is 2.13. The van der Waals surface area contributed by atoms with Crippen LogP contribution in [0, 0.1) is 0 Å². The van der Waals surface area contributed by atoms with Gasteiger partial charge in [0.05, 0.1) is 0 Å². The van der Waals surface area contributed by atoms with E-state index in [9.17, 15) is 4.79 Å². The number of amides is 1. The molecule has 3 nitrogen and oxygen atoms in total. The second kappa shape index (κ2) is 5.36. The fraction of sp³-hybridized carbons (Fsp3) is 0.133. The molecule has 1 unspecified atom stereocenters. The van der Waals surface area contributed by atoms with Gasteiger partial charge in [0.1, 0.15) is 5.75 Å². The summed E-state index contributed by atoms with van der Waals surface area (Å²) in [7, 11) is 0. The van der Waals surface area contributed by atoms with Crippen LogP contribution in [0.2, 0.25) is 0 Å². The highest BCUT2D eigenvalue weighted by Gasteiger charge is 2.09. The molecular formula is C15H15NO2. The lowest BCUT2D eigenvalue weighted by Gasteiger charge is -2.11. The Morgan fingerprint density at radius 3 is 2.11 bits per heavy atom. The first-order chi connectivity index (χ1) is 8.66. The molecule has 0 aliphatic carbocycles. The summed E-state index contributed by atoms with van der Waals surface area (Å²) in [5.41, 5.74) is 7.39. The van der Waals surface area contributed by atoms with Gasteiger partial charge in [0.2, 0.25) is 0 Å². The molecule has 0 heterocycles. The monoisotopic (exact) mass is 241 g/mol. The van der Waals surface area contributed by atoms with Crippen molar-refractivity contribution in [2.75, 3.05) is 0 Å². The zero-order valence-corrected chi connectivity index (χ0v) is 10.2. The molecule has 2 aromatic rings. The highest BCUT2D eigenvalue weighted by Crippen LogP contribution is 2.22. The molecule has 1 amide bonds. The number of hydrogen-bond donors (Lipinski definition) is 1. The number of carbonyl (C=O) groups is 1. The molecule has 92 valence electrons. The number of primary amides is 1. The van der Waals surface area contributed by atoms with E-state index in [1.807, 2.05) is 54.6 Å². The molecule has 3 heteroatoms. The van der Waals surface area contributed by atoms with Crippen LogP contribution in [0.3, 0.4) is 0 Å². The standard InChI is InChI=1S/C15H15NO2/c1-11(15(16)17)18-14-9-7-13(8-10-14)12-5-3-2-4-6-12/h2-11H,1H3,(H2,16,17).